The van der Waals surface area contributed by atoms with Crippen LogP contribution in [0, 0.1) is 11.6 Å². The molecule has 0 heterocycles. The van der Waals surface area contributed by atoms with Gasteiger partial charge in [-0.1, -0.05) is 6.07 Å². The Kier molecular flexibility index (Phi) is 7.55. The van der Waals surface area contributed by atoms with Crippen LogP contribution in [0.15, 0.2) is 36.4 Å². The van der Waals surface area contributed by atoms with E-state index in [-0.39, 0.29) is 30.4 Å². The average Bonchev–Trinajstić information content (AvgIpc) is 2.64. The van der Waals surface area contributed by atoms with Crippen LogP contribution in [0.4, 0.5) is 14.5 Å². The van der Waals surface area contributed by atoms with Crippen molar-refractivity contribution in [1.82, 2.24) is 5.32 Å². The van der Waals surface area contributed by atoms with E-state index in [1.807, 2.05) is 6.92 Å². The standard InChI is InChI=1S/C20H24F2N2O3/c1-13(23-10-9-15-16(21)5-4-6-17(15)22)11-20(25)24-18-8-7-14(26-2)12-19(18)27-3/h4-8,12-13,23H,9-11H2,1-3H3,(H,24,25). The maximum Gasteiger partial charge on any atom is 0.226 e. The number of methoxy groups -OCH3 is 2. The molecular formula is C20H24F2N2O3. The van der Waals surface area contributed by atoms with Crippen molar-refractivity contribution in [2.75, 3.05) is 26.1 Å². The van der Waals surface area contributed by atoms with Gasteiger partial charge in [0.05, 0.1) is 19.9 Å². The predicted molar refractivity (Wildman–Crippen MR) is 100 cm³/mol. The Bertz CT molecular complexity index is 764. The Morgan fingerprint density at radius 2 is 1.81 bits per heavy atom. The second-order valence-corrected chi connectivity index (χ2v) is 6.12. The third kappa shape index (κ3) is 5.92. The molecule has 146 valence electrons. The maximum absolute atomic E-state index is 13.6. The summed E-state index contributed by atoms with van der Waals surface area (Å²) in [5.74, 6) is -0.197. The summed E-state index contributed by atoms with van der Waals surface area (Å²) >= 11 is 0. The quantitative estimate of drug-likeness (QED) is 0.701. The first kappa shape index (κ1) is 20.6. The molecule has 0 aliphatic rings. The smallest absolute Gasteiger partial charge is 0.226 e. The second-order valence-electron chi connectivity index (χ2n) is 6.12. The molecule has 2 N–H and O–H groups in total. The second kappa shape index (κ2) is 9.87. The van der Waals surface area contributed by atoms with Crippen molar-refractivity contribution in [1.29, 1.82) is 0 Å². The van der Waals surface area contributed by atoms with E-state index in [1.54, 1.807) is 25.3 Å². The Balaban J connectivity index is 1.83. The molecule has 0 radical (unpaired) electrons. The summed E-state index contributed by atoms with van der Waals surface area (Å²) in [4.78, 5) is 12.2. The van der Waals surface area contributed by atoms with Gasteiger partial charge in [0.1, 0.15) is 23.1 Å². The van der Waals surface area contributed by atoms with Crippen LogP contribution >= 0.6 is 0 Å². The maximum atomic E-state index is 13.6. The summed E-state index contributed by atoms with van der Waals surface area (Å²) in [5, 5.41) is 5.89. The zero-order valence-corrected chi connectivity index (χ0v) is 15.6. The van der Waals surface area contributed by atoms with Gasteiger partial charge in [0.25, 0.3) is 0 Å². The van der Waals surface area contributed by atoms with Gasteiger partial charge in [-0.15, -0.1) is 0 Å². The number of anilines is 1. The lowest BCUT2D eigenvalue weighted by molar-refractivity contribution is -0.116. The van der Waals surface area contributed by atoms with Crippen LogP contribution in [0.2, 0.25) is 0 Å². The molecule has 0 spiro atoms. The van der Waals surface area contributed by atoms with Crippen molar-refractivity contribution < 1.29 is 23.0 Å². The molecule has 2 aromatic carbocycles. The molecular weight excluding hydrogens is 354 g/mol. The lowest BCUT2D eigenvalue weighted by Gasteiger charge is -2.15. The molecule has 0 aromatic heterocycles. The minimum atomic E-state index is -0.561. The van der Waals surface area contributed by atoms with Crippen molar-refractivity contribution in [2.45, 2.75) is 25.8 Å². The minimum absolute atomic E-state index is 0.0459. The summed E-state index contributed by atoms with van der Waals surface area (Å²) in [6.45, 7) is 2.20. The van der Waals surface area contributed by atoms with Crippen LogP contribution < -0.4 is 20.1 Å². The van der Waals surface area contributed by atoms with E-state index in [0.717, 1.165) is 0 Å². The zero-order valence-electron chi connectivity index (χ0n) is 15.6. The van der Waals surface area contributed by atoms with Gasteiger partial charge in [0.2, 0.25) is 5.91 Å². The molecule has 0 saturated heterocycles. The molecule has 7 heteroatoms. The normalized spacial score (nSPS) is 11.7. The highest BCUT2D eigenvalue weighted by Crippen LogP contribution is 2.29. The summed E-state index contributed by atoms with van der Waals surface area (Å²) in [7, 11) is 3.06. The number of carbonyl (C=O) groups excluding carboxylic acids is 1. The van der Waals surface area contributed by atoms with E-state index >= 15 is 0 Å². The number of hydrogen-bond donors (Lipinski definition) is 2. The first-order chi connectivity index (χ1) is 12.9. The molecule has 2 aromatic rings. The van der Waals surface area contributed by atoms with Gasteiger partial charge in [0, 0.05) is 24.1 Å². The predicted octanol–water partition coefficient (Wildman–Crippen LogP) is 3.53. The van der Waals surface area contributed by atoms with E-state index in [9.17, 15) is 13.6 Å². The van der Waals surface area contributed by atoms with E-state index in [2.05, 4.69) is 10.6 Å². The van der Waals surface area contributed by atoms with Gasteiger partial charge in [-0.05, 0) is 44.2 Å². The first-order valence-electron chi connectivity index (χ1n) is 8.62. The lowest BCUT2D eigenvalue weighted by Crippen LogP contribution is -2.32. The molecule has 2 rings (SSSR count). The van der Waals surface area contributed by atoms with E-state index in [0.29, 0.717) is 23.7 Å². The Hall–Kier alpha value is -2.67. The number of nitrogens with one attached hydrogen (secondary N) is 2. The van der Waals surface area contributed by atoms with Crippen LogP contribution in [0.3, 0.4) is 0 Å². The first-order valence-corrected chi connectivity index (χ1v) is 8.62. The largest absolute Gasteiger partial charge is 0.497 e. The molecule has 0 aliphatic heterocycles. The molecule has 1 amide bonds. The van der Waals surface area contributed by atoms with Crippen molar-refractivity contribution in [2.24, 2.45) is 0 Å². The lowest BCUT2D eigenvalue weighted by atomic mass is 10.1. The van der Waals surface area contributed by atoms with Gasteiger partial charge >= 0.3 is 0 Å². The fraction of sp³-hybridized carbons (Fsp3) is 0.350. The Morgan fingerprint density at radius 3 is 2.44 bits per heavy atom. The zero-order chi connectivity index (χ0) is 19.8. The molecule has 27 heavy (non-hydrogen) atoms. The van der Waals surface area contributed by atoms with Gasteiger partial charge in [-0.25, -0.2) is 8.78 Å². The van der Waals surface area contributed by atoms with Crippen LogP contribution in [0.1, 0.15) is 18.9 Å². The molecule has 0 fully saturated rings. The summed E-state index contributed by atoms with van der Waals surface area (Å²) in [6, 6.07) is 8.75. The number of hydrogen-bond acceptors (Lipinski definition) is 4. The van der Waals surface area contributed by atoms with Gasteiger partial charge in [0.15, 0.2) is 0 Å². The van der Waals surface area contributed by atoms with Crippen LogP contribution in [0.25, 0.3) is 0 Å². The topological polar surface area (TPSA) is 59.6 Å². The highest BCUT2D eigenvalue weighted by atomic mass is 19.1. The third-order valence-electron chi connectivity index (χ3n) is 4.10. The van der Waals surface area contributed by atoms with E-state index in [4.69, 9.17) is 9.47 Å². The molecule has 0 saturated carbocycles. The summed E-state index contributed by atoms with van der Waals surface area (Å²) in [5.41, 5.74) is 0.591. The number of carbonyl (C=O) groups is 1. The van der Waals surface area contributed by atoms with Crippen molar-refractivity contribution >= 4 is 11.6 Å². The van der Waals surface area contributed by atoms with Crippen LogP contribution in [-0.4, -0.2) is 32.7 Å². The number of halogens is 2. The molecule has 5 nitrogen and oxygen atoms in total. The SMILES string of the molecule is COc1ccc(NC(=O)CC(C)NCCc2c(F)cccc2F)c(OC)c1. The fourth-order valence-electron chi connectivity index (χ4n) is 2.67. The molecule has 1 atom stereocenters. The van der Waals surface area contributed by atoms with Crippen molar-refractivity contribution in [3.63, 3.8) is 0 Å². The van der Waals surface area contributed by atoms with Gasteiger partial charge < -0.3 is 20.1 Å². The summed E-state index contributed by atoms with van der Waals surface area (Å²) in [6.07, 6.45) is 0.408. The third-order valence-corrected chi connectivity index (χ3v) is 4.10. The molecule has 1 unspecified atom stereocenters. The number of amides is 1. The van der Waals surface area contributed by atoms with Crippen LogP contribution in [0.5, 0.6) is 11.5 Å². The highest BCUT2D eigenvalue weighted by Gasteiger charge is 2.13. The summed E-state index contributed by atoms with van der Waals surface area (Å²) < 4.78 is 37.6. The van der Waals surface area contributed by atoms with Crippen molar-refractivity contribution in [3.05, 3.63) is 53.6 Å². The number of benzene rings is 2. The average molecular weight is 378 g/mol. The Morgan fingerprint density at radius 1 is 1.11 bits per heavy atom. The van der Waals surface area contributed by atoms with Gasteiger partial charge in [-0.3, -0.25) is 4.79 Å². The molecule has 0 bridgehead atoms. The van der Waals surface area contributed by atoms with E-state index in [1.165, 1.54) is 25.3 Å². The number of ether oxygens (including phenoxy) is 2. The fourth-order valence-corrected chi connectivity index (χ4v) is 2.67. The van der Waals surface area contributed by atoms with Crippen molar-refractivity contribution in [3.8, 4) is 11.5 Å². The Labute approximate surface area is 157 Å². The minimum Gasteiger partial charge on any atom is -0.497 e. The number of rotatable bonds is 9. The van der Waals surface area contributed by atoms with Gasteiger partial charge in [-0.2, -0.15) is 0 Å². The monoisotopic (exact) mass is 378 g/mol. The highest BCUT2D eigenvalue weighted by molar-refractivity contribution is 5.92. The van der Waals surface area contributed by atoms with Crippen LogP contribution in [-0.2, 0) is 11.2 Å². The molecule has 0 aliphatic carbocycles. The van der Waals surface area contributed by atoms with E-state index < -0.39 is 11.6 Å².